The van der Waals surface area contributed by atoms with Crippen molar-refractivity contribution in [1.82, 2.24) is 0 Å². The standard InChI is InChI=1S/C19H26O3/c1-2-3-10-18-13-17(20)14-19(22-18)11-7-12-21-15-16-8-5-4-6-9-16/h4-6,8-9,13,19H,2-3,7,10-12,14-15H2,1H3/t19-/m1/s1. The Morgan fingerprint density at radius 3 is 2.82 bits per heavy atom. The van der Waals surface area contributed by atoms with Gasteiger partial charge in [0.1, 0.15) is 6.10 Å². The number of carbonyl (C=O) groups excluding carboxylic acids is 1. The van der Waals surface area contributed by atoms with E-state index in [0.29, 0.717) is 19.6 Å². The van der Waals surface area contributed by atoms with Gasteiger partial charge < -0.3 is 9.47 Å². The summed E-state index contributed by atoms with van der Waals surface area (Å²) in [5.41, 5.74) is 1.19. The molecule has 0 fully saturated rings. The molecule has 0 bridgehead atoms. The van der Waals surface area contributed by atoms with Crippen LogP contribution in [-0.4, -0.2) is 18.5 Å². The van der Waals surface area contributed by atoms with E-state index in [9.17, 15) is 4.79 Å². The Morgan fingerprint density at radius 1 is 1.23 bits per heavy atom. The highest BCUT2D eigenvalue weighted by Gasteiger charge is 2.20. The molecule has 2 rings (SSSR count). The molecular weight excluding hydrogens is 276 g/mol. The second-order valence-electron chi connectivity index (χ2n) is 5.80. The highest BCUT2D eigenvalue weighted by Crippen LogP contribution is 2.22. The van der Waals surface area contributed by atoms with Gasteiger partial charge in [0.05, 0.1) is 12.4 Å². The normalized spacial score (nSPS) is 18.0. The van der Waals surface area contributed by atoms with Crippen LogP contribution in [0.2, 0.25) is 0 Å². The van der Waals surface area contributed by atoms with Crippen LogP contribution in [0.15, 0.2) is 42.2 Å². The summed E-state index contributed by atoms with van der Waals surface area (Å²) in [5.74, 6) is 1.07. The fraction of sp³-hybridized carbons (Fsp3) is 0.526. The molecule has 3 nitrogen and oxygen atoms in total. The number of hydrogen-bond donors (Lipinski definition) is 0. The topological polar surface area (TPSA) is 35.5 Å². The van der Waals surface area contributed by atoms with Crippen molar-refractivity contribution in [3.63, 3.8) is 0 Å². The molecule has 3 heteroatoms. The first-order valence-electron chi connectivity index (χ1n) is 8.29. The van der Waals surface area contributed by atoms with Gasteiger partial charge in [-0.15, -0.1) is 0 Å². The Bertz CT molecular complexity index is 479. The minimum Gasteiger partial charge on any atom is -0.494 e. The highest BCUT2D eigenvalue weighted by atomic mass is 16.5. The lowest BCUT2D eigenvalue weighted by molar-refractivity contribution is -0.118. The number of benzene rings is 1. The van der Waals surface area contributed by atoms with Gasteiger partial charge in [0.15, 0.2) is 5.78 Å². The Hall–Kier alpha value is -1.61. The molecule has 1 aliphatic rings. The predicted octanol–water partition coefficient (Wildman–Crippen LogP) is 4.42. The van der Waals surface area contributed by atoms with E-state index in [0.717, 1.165) is 37.9 Å². The maximum atomic E-state index is 11.7. The van der Waals surface area contributed by atoms with Crippen LogP contribution in [0.1, 0.15) is 51.0 Å². The van der Waals surface area contributed by atoms with Crippen LogP contribution in [-0.2, 0) is 20.9 Å². The summed E-state index contributed by atoms with van der Waals surface area (Å²) >= 11 is 0. The quantitative estimate of drug-likeness (QED) is 0.634. The Labute approximate surface area is 133 Å². The van der Waals surface area contributed by atoms with Gasteiger partial charge in [-0.1, -0.05) is 43.7 Å². The smallest absolute Gasteiger partial charge is 0.162 e. The van der Waals surface area contributed by atoms with Gasteiger partial charge in [0, 0.05) is 25.5 Å². The fourth-order valence-electron chi connectivity index (χ4n) is 2.57. The zero-order valence-corrected chi connectivity index (χ0v) is 13.4. The second kappa shape index (κ2) is 9.42. The third-order valence-corrected chi connectivity index (χ3v) is 3.77. The molecule has 22 heavy (non-hydrogen) atoms. The van der Waals surface area contributed by atoms with Crippen LogP contribution < -0.4 is 0 Å². The maximum absolute atomic E-state index is 11.7. The van der Waals surface area contributed by atoms with Crippen molar-refractivity contribution < 1.29 is 14.3 Å². The number of ether oxygens (including phenoxy) is 2. The molecule has 0 saturated carbocycles. The van der Waals surface area contributed by atoms with Crippen molar-refractivity contribution in [2.24, 2.45) is 0 Å². The van der Waals surface area contributed by atoms with Gasteiger partial charge in [0.2, 0.25) is 0 Å². The third-order valence-electron chi connectivity index (χ3n) is 3.77. The monoisotopic (exact) mass is 302 g/mol. The van der Waals surface area contributed by atoms with Crippen molar-refractivity contribution >= 4 is 5.78 Å². The number of ketones is 1. The number of unbranched alkanes of at least 4 members (excludes halogenated alkanes) is 1. The van der Waals surface area contributed by atoms with Crippen LogP contribution in [0, 0.1) is 0 Å². The zero-order chi connectivity index (χ0) is 15.6. The van der Waals surface area contributed by atoms with Gasteiger partial charge >= 0.3 is 0 Å². The van der Waals surface area contributed by atoms with E-state index in [1.807, 2.05) is 18.2 Å². The van der Waals surface area contributed by atoms with Gasteiger partial charge in [0.25, 0.3) is 0 Å². The van der Waals surface area contributed by atoms with Crippen molar-refractivity contribution in [1.29, 1.82) is 0 Å². The molecule has 1 aliphatic heterocycles. The molecule has 1 atom stereocenters. The van der Waals surface area contributed by atoms with Crippen LogP contribution in [0.5, 0.6) is 0 Å². The van der Waals surface area contributed by atoms with Crippen molar-refractivity contribution in [2.45, 2.75) is 58.2 Å². The summed E-state index contributed by atoms with van der Waals surface area (Å²) in [5, 5.41) is 0. The average Bonchev–Trinajstić information content (AvgIpc) is 2.53. The summed E-state index contributed by atoms with van der Waals surface area (Å²) in [4.78, 5) is 11.7. The number of carbonyl (C=O) groups is 1. The Morgan fingerprint density at radius 2 is 2.05 bits per heavy atom. The molecule has 0 N–H and O–H groups in total. The van der Waals surface area contributed by atoms with Gasteiger partial charge in [-0.25, -0.2) is 0 Å². The van der Waals surface area contributed by atoms with Crippen LogP contribution >= 0.6 is 0 Å². The molecule has 120 valence electrons. The molecule has 0 amide bonds. The Balaban J connectivity index is 1.62. The first-order chi connectivity index (χ1) is 10.8. The Kier molecular flexibility index (Phi) is 7.17. The highest BCUT2D eigenvalue weighted by molar-refractivity contribution is 5.91. The lowest BCUT2D eigenvalue weighted by atomic mass is 10.0. The van der Waals surface area contributed by atoms with Crippen LogP contribution in [0.3, 0.4) is 0 Å². The van der Waals surface area contributed by atoms with E-state index in [-0.39, 0.29) is 11.9 Å². The molecule has 1 aromatic rings. The maximum Gasteiger partial charge on any atom is 0.162 e. The van der Waals surface area contributed by atoms with Gasteiger partial charge in [-0.05, 0) is 24.8 Å². The fourth-order valence-corrected chi connectivity index (χ4v) is 2.57. The molecule has 0 radical (unpaired) electrons. The summed E-state index contributed by atoms with van der Waals surface area (Å²) in [7, 11) is 0. The molecule has 0 aliphatic carbocycles. The van der Waals surface area contributed by atoms with Gasteiger partial charge in [-0.3, -0.25) is 4.79 Å². The van der Waals surface area contributed by atoms with E-state index >= 15 is 0 Å². The molecular formula is C19H26O3. The lowest BCUT2D eigenvalue weighted by Gasteiger charge is -2.24. The predicted molar refractivity (Wildman–Crippen MR) is 87.4 cm³/mol. The molecule has 0 spiro atoms. The van der Waals surface area contributed by atoms with Gasteiger partial charge in [-0.2, -0.15) is 0 Å². The first-order valence-corrected chi connectivity index (χ1v) is 8.29. The van der Waals surface area contributed by atoms with Crippen molar-refractivity contribution in [3.05, 3.63) is 47.7 Å². The molecule has 1 heterocycles. The van der Waals surface area contributed by atoms with Crippen molar-refractivity contribution in [2.75, 3.05) is 6.61 Å². The molecule has 0 aromatic heterocycles. The summed E-state index contributed by atoms with van der Waals surface area (Å²) < 4.78 is 11.6. The molecule has 1 aromatic carbocycles. The van der Waals surface area contributed by atoms with E-state index < -0.39 is 0 Å². The summed E-state index contributed by atoms with van der Waals surface area (Å²) in [6.07, 6.45) is 7.09. The average molecular weight is 302 g/mol. The third kappa shape index (κ3) is 6.02. The zero-order valence-electron chi connectivity index (χ0n) is 13.4. The lowest BCUT2D eigenvalue weighted by Crippen LogP contribution is -2.22. The number of allylic oxidation sites excluding steroid dienone is 2. The van der Waals surface area contributed by atoms with Crippen LogP contribution in [0.25, 0.3) is 0 Å². The number of rotatable bonds is 9. The number of hydrogen-bond acceptors (Lipinski definition) is 3. The van der Waals surface area contributed by atoms with E-state index in [1.54, 1.807) is 6.08 Å². The molecule has 0 saturated heterocycles. The largest absolute Gasteiger partial charge is 0.494 e. The first kappa shape index (κ1) is 16.8. The SMILES string of the molecule is CCCCC1=CC(=O)C[C@@H](CCCOCc2ccccc2)O1. The summed E-state index contributed by atoms with van der Waals surface area (Å²) in [6.45, 7) is 3.50. The molecule has 0 unspecified atom stereocenters. The van der Waals surface area contributed by atoms with E-state index in [2.05, 4.69) is 19.1 Å². The van der Waals surface area contributed by atoms with Crippen LogP contribution in [0.4, 0.5) is 0 Å². The minimum absolute atomic E-state index is 0.0321. The minimum atomic E-state index is 0.0321. The second-order valence-corrected chi connectivity index (χ2v) is 5.80. The van der Waals surface area contributed by atoms with E-state index in [4.69, 9.17) is 9.47 Å². The van der Waals surface area contributed by atoms with E-state index in [1.165, 1.54) is 5.56 Å². The van der Waals surface area contributed by atoms with Crippen molar-refractivity contribution in [3.8, 4) is 0 Å². The summed E-state index contributed by atoms with van der Waals surface area (Å²) in [6, 6.07) is 10.2.